The van der Waals surface area contributed by atoms with Gasteiger partial charge in [0.25, 0.3) is 0 Å². The van der Waals surface area contributed by atoms with Crippen molar-refractivity contribution in [2.45, 2.75) is 31.1 Å². The Bertz CT molecular complexity index is 1090. The van der Waals surface area contributed by atoms with Crippen LogP contribution in [0.3, 0.4) is 0 Å². The van der Waals surface area contributed by atoms with Gasteiger partial charge >= 0.3 is 12.2 Å². The van der Waals surface area contributed by atoms with Crippen molar-refractivity contribution in [1.82, 2.24) is 10.3 Å². The number of aromatic nitrogens is 1. The minimum atomic E-state index is -0.560. The van der Waals surface area contributed by atoms with Crippen LogP contribution in [0.5, 0.6) is 0 Å². The molecule has 1 aromatic carbocycles. The molecule has 3 aliphatic rings. The normalized spacial score (nSPS) is 23.2. The van der Waals surface area contributed by atoms with Crippen molar-refractivity contribution in [2.24, 2.45) is 5.16 Å². The van der Waals surface area contributed by atoms with Gasteiger partial charge in [-0.2, -0.15) is 0 Å². The molecule has 10 nitrogen and oxygen atoms in total. The maximum Gasteiger partial charge on any atom is 0.415 e. The van der Waals surface area contributed by atoms with Crippen molar-refractivity contribution in [1.29, 1.82) is 0 Å². The van der Waals surface area contributed by atoms with Gasteiger partial charge in [0.15, 0.2) is 6.10 Å². The maximum atomic E-state index is 12.4. The molecule has 2 amide bonds. The van der Waals surface area contributed by atoms with Crippen LogP contribution in [0.15, 0.2) is 41.7 Å². The molecule has 0 aliphatic carbocycles. The molecular formula is C22H22N4O6. The van der Waals surface area contributed by atoms with E-state index in [1.54, 1.807) is 11.1 Å². The van der Waals surface area contributed by atoms with E-state index in [4.69, 9.17) is 9.57 Å². The van der Waals surface area contributed by atoms with Crippen LogP contribution in [0.25, 0.3) is 11.1 Å². The maximum absolute atomic E-state index is 12.4. The van der Waals surface area contributed by atoms with Crippen molar-refractivity contribution in [2.75, 3.05) is 25.2 Å². The number of carbonyl (C=O) groups excluding carboxylic acids is 2. The van der Waals surface area contributed by atoms with Gasteiger partial charge in [0.05, 0.1) is 37.7 Å². The lowest BCUT2D eigenvalue weighted by atomic mass is 10.00. The predicted molar refractivity (Wildman–Crippen MR) is 113 cm³/mol. The fourth-order valence-electron chi connectivity index (χ4n) is 4.30. The Morgan fingerprint density at radius 2 is 2.12 bits per heavy atom. The quantitative estimate of drug-likeness (QED) is 0.730. The summed E-state index contributed by atoms with van der Waals surface area (Å²) < 4.78 is 10.0. The van der Waals surface area contributed by atoms with Gasteiger partial charge in [-0.15, -0.1) is 0 Å². The standard InChI is InChI=1S/C22H22N4O6/c1-30-21(28)24-10-20-19-7-14-6-12(3-5-18(14)26(19)22(29)31-20)13-2-4-16(23-9-13)17-8-15(11-27)32-25-17/h2-6,9,15,19-20,27H,7-8,10-11H2,1H3,(H,24,28)/t15?,19?,20-/m0/s1. The molecule has 10 heteroatoms. The van der Waals surface area contributed by atoms with Crippen LogP contribution in [0.4, 0.5) is 15.3 Å². The van der Waals surface area contributed by atoms with E-state index >= 15 is 0 Å². The predicted octanol–water partition coefficient (Wildman–Crippen LogP) is 1.84. The van der Waals surface area contributed by atoms with Crippen LogP contribution in [0, 0.1) is 0 Å². The van der Waals surface area contributed by atoms with Crippen LogP contribution in [-0.4, -0.2) is 66.5 Å². The molecule has 1 aromatic heterocycles. The number of alkyl carbamates (subject to hydrolysis) is 1. The lowest BCUT2D eigenvalue weighted by molar-refractivity contribution is 0.0390. The van der Waals surface area contributed by atoms with E-state index in [1.165, 1.54) is 7.11 Å². The number of cyclic esters (lactones) is 1. The summed E-state index contributed by atoms with van der Waals surface area (Å²) in [7, 11) is 1.29. The average Bonchev–Trinajstić information content (AvgIpc) is 3.52. The summed E-state index contributed by atoms with van der Waals surface area (Å²) >= 11 is 0. The number of hydrogen-bond donors (Lipinski definition) is 2. The van der Waals surface area contributed by atoms with Crippen LogP contribution in [0.1, 0.15) is 17.7 Å². The van der Waals surface area contributed by atoms with E-state index in [2.05, 4.69) is 26.3 Å². The largest absolute Gasteiger partial charge is 0.453 e. The van der Waals surface area contributed by atoms with Crippen molar-refractivity contribution in [3.05, 3.63) is 47.8 Å². The molecule has 0 spiro atoms. The summed E-state index contributed by atoms with van der Waals surface area (Å²) in [6.07, 6.45) is 1.21. The molecule has 3 atom stereocenters. The van der Waals surface area contributed by atoms with Gasteiger partial charge in [-0.25, -0.2) is 9.59 Å². The lowest BCUT2D eigenvalue weighted by Gasteiger charge is -2.16. The molecule has 2 N–H and O–H groups in total. The number of rotatable bonds is 5. The number of benzene rings is 1. The van der Waals surface area contributed by atoms with Crippen LogP contribution < -0.4 is 10.2 Å². The molecule has 2 unspecified atom stereocenters. The van der Waals surface area contributed by atoms with Gasteiger partial charge in [0.2, 0.25) is 0 Å². The van der Waals surface area contributed by atoms with Gasteiger partial charge in [-0.1, -0.05) is 17.3 Å². The first-order valence-electron chi connectivity index (χ1n) is 10.3. The van der Waals surface area contributed by atoms with Crippen LogP contribution in [0.2, 0.25) is 0 Å². The van der Waals surface area contributed by atoms with Crippen molar-refractivity contribution >= 4 is 23.6 Å². The smallest absolute Gasteiger partial charge is 0.415 e. The Hall–Kier alpha value is -3.66. The second kappa shape index (κ2) is 8.12. The van der Waals surface area contributed by atoms with Crippen molar-refractivity contribution in [3.8, 4) is 11.1 Å². The number of pyridine rings is 1. The molecule has 3 aliphatic heterocycles. The minimum Gasteiger partial charge on any atom is -0.453 e. The van der Waals surface area contributed by atoms with E-state index in [-0.39, 0.29) is 25.3 Å². The average molecular weight is 438 g/mol. The third-order valence-corrected chi connectivity index (χ3v) is 5.94. The minimum absolute atomic E-state index is 0.0780. The molecule has 1 fully saturated rings. The number of methoxy groups -OCH3 is 1. The van der Waals surface area contributed by atoms with E-state index in [0.29, 0.717) is 12.8 Å². The Labute approximate surface area is 183 Å². The van der Waals surface area contributed by atoms with Crippen LogP contribution >= 0.6 is 0 Å². The van der Waals surface area contributed by atoms with E-state index < -0.39 is 18.3 Å². The topological polar surface area (TPSA) is 123 Å². The first-order chi connectivity index (χ1) is 15.6. The third kappa shape index (κ3) is 3.52. The van der Waals surface area contributed by atoms with Gasteiger partial charge in [0.1, 0.15) is 11.8 Å². The third-order valence-electron chi connectivity index (χ3n) is 5.94. The molecular weight excluding hydrogens is 416 g/mol. The molecule has 1 saturated heterocycles. The number of ether oxygens (including phenoxy) is 2. The summed E-state index contributed by atoms with van der Waals surface area (Å²) in [5.74, 6) is 0. The molecule has 5 rings (SSSR count). The number of aliphatic hydroxyl groups is 1. The molecule has 2 aromatic rings. The molecule has 32 heavy (non-hydrogen) atoms. The summed E-state index contributed by atoms with van der Waals surface area (Å²) in [5.41, 5.74) is 5.22. The highest BCUT2D eigenvalue weighted by Gasteiger charge is 2.47. The molecule has 0 radical (unpaired) electrons. The Balaban J connectivity index is 1.32. The second-order valence-corrected chi connectivity index (χ2v) is 7.86. The fraction of sp³-hybridized carbons (Fsp3) is 0.364. The number of fused-ring (bicyclic) bond motifs is 3. The summed E-state index contributed by atoms with van der Waals surface area (Å²) in [4.78, 5) is 35.1. The first kappa shape index (κ1) is 20.3. The number of hydrogen-bond acceptors (Lipinski definition) is 8. The Morgan fingerprint density at radius 1 is 1.28 bits per heavy atom. The zero-order chi connectivity index (χ0) is 22.2. The number of oxime groups is 1. The Morgan fingerprint density at radius 3 is 2.84 bits per heavy atom. The number of anilines is 1. The number of aliphatic hydroxyl groups excluding tert-OH is 1. The Kier molecular flexibility index (Phi) is 5.14. The number of nitrogens with one attached hydrogen (secondary N) is 1. The molecule has 4 heterocycles. The summed E-state index contributed by atoms with van der Waals surface area (Å²) in [6, 6.07) is 9.59. The number of nitrogens with zero attached hydrogens (tertiary/aromatic N) is 3. The number of carbonyl (C=O) groups is 2. The molecule has 0 bridgehead atoms. The van der Waals surface area contributed by atoms with Gasteiger partial charge in [-0.05, 0) is 35.7 Å². The SMILES string of the molecule is COC(=O)NC[C@@H]1OC(=O)N2c3ccc(-c4ccc(C5=NOC(CO)C5)nc4)cc3CC12. The second-order valence-electron chi connectivity index (χ2n) is 7.86. The first-order valence-corrected chi connectivity index (χ1v) is 10.3. The molecule has 166 valence electrons. The fourth-order valence-corrected chi connectivity index (χ4v) is 4.30. The van der Waals surface area contributed by atoms with E-state index in [0.717, 1.165) is 33.8 Å². The zero-order valence-corrected chi connectivity index (χ0v) is 17.4. The summed E-state index contributed by atoms with van der Waals surface area (Å²) in [6.45, 7) is 0.113. The highest BCUT2D eigenvalue weighted by molar-refractivity contribution is 6.00. The molecule has 0 saturated carbocycles. The zero-order valence-electron chi connectivity index (χ0n) is 17.4. The highest BCUT2D eigenvalue weighted by atomic mass is 16.6. The van der Waals surface area contributed by atoms with Gasteiger partial charge < -0.3 is 24.7 Å². The highest BCUT2D eigenvalue weighted by Crippen LogP contribution is 2.40. The number of amides is 2. The van der Waals surface area contributed by atoms with Gasteiger partial charge in [-0.3, -0.25) is 9.88 Å². The van der Waals surface area contributed by atoms with Crippen molar-refractivity contribution in [3.63, 3.8) is 0 Å². The summed E-state index contributed by atoms with van der Waals surface area (Å²) in [5, 5.41) is 15.8. The van der Waals surface area contributed by atoms with Crippen LogP contribution in [-0.2, 0) is 20.7 Å². The van der Waals surface area contributed by atoms with Crippen molar-refractivity contribution < 1.29 is 29.0 Å². The van der Waals surface area contributed by atoms with E-state index in [1.807, 2.05) is 24.3 Å². The van der Waals surface area contributed by atoms with E-state index in [9.17, 15) is 14.7 Å². The lowest BCUT2D eigenvalue weighted by Crippen LogP contribution is -2.40. The van der Waals surface area contributed by atoms with Gasteiger partial charge in [0, 0.05) is 18.2 Å². The monoisotopic (exact) mass is 438 g/mol.